The van der Waals surface area contributed by atoms with Gasteiger partial charge in [-0.3, -0.25) is 4.79 Å². The first-order valence-corrected chi connectivity index (χ1v) is 9.31. The first-order valence-electron chi connectivity index (χ1n) is 8.78. The molecule has 1 heterocycles. The molecule has 4 nitrogen and oxygen atoms in total. The summed E-state index contributed by atoms with van der Waals surface area (Å²) in [6, 6.07) is 6.18. The number of nitrogens with zero attached hydrogens (tertiary/aromatic N) is 1. The average Bonchev–Trinajstić information content (AvgIpc) is 2.57. The summed E-state index contributed by atoms with van der Waals surface area (Å²) < 4.78 is 11.8. The molecule has 0 bridgehead atoms. The molecule has 1 fully saturated rings. The lowest BCUT2D eigenvalue weighted by Gasteiger charge is -2.36. The molecule has 0 aromatic heterocycles. The minimum atomic E-state index is -0.425. The monoisotopic (exact) mass is 353 g/mol. The van der Waals surface area contributed by atoms with E-state index in [9.17, 15) is 4.79 Å². The van der Waals surface area contributed by atoms with Gasteiger partial charge in [-0.25, -0.2) is 0 Å². The highest BCUT2D eigenvalue weighted by atomic mass is 35.5. The lowest BCUT2D eigenvalue weighted by molar-refractivity contribution is -0.228. The van der Waals surface area contributed by atoms with E-state index < -0.39 is 6.29 Å². The van der Waals surface area contributed by atoms with Crippen molar-refractivity contribution in [3.05, 3.63) is 29.3 Å². The van der Waals surface area contributed by atoms with Crippen molar-refractivity contribution in [3.63, 3.8) is 0 Å². The van der Waals surface area contributed by atoms with Gasteiger partial charge in [0.15, 0.2) is 6.29 Å². The van der Waals surface area contributed by atoms with Crippen molar-refractivity contribution in [3.8, 4) is 0 Å². The second kappa shape index (κ2) is 8.84. The number of benzene rings is 1. The van der Waals surface area contributed by atoms with Crippen molar-refractivity contribution in [1.29, 1.82) is 0 Å². The third-order valence-electron chi connectivity index (χ3n) is 4.41. The van der Waals surface area contributed by atoms with Crippen LogP contribution in [-0.4, -0.2) is 36.8 Å². The van der Waals surface area contributed by atoms with Crippen molar-refractivity contribution in [1.82, 2.24) is 0 Å². The van der Waals surface area contributed by atoms with Gasteiger partial charge in [-0.15, -0.1) is 11.6 Å². The molecule has 1 saturated heterocycles. The summed E-state index contributed by atoms with van der Waals surface area (Å²) >= 11 is 5.89. The van der Waals surface area contributed by atoms with Gasteiger partial charge in [0.05, 0.1) is 24.4 Å². The van der Waals surface area contributed by atoms with Gasteiger partial charge in [0.1, 0.15) is 5.88 Å². The molecule has 2 rings (SSSR count). The molecule has 1 aromatic rings. The topological polar surface area (TPSA) is 38.8 Å². The summed E-state index contributed by atoms with van der Waals surface area (Å²) in [4.78, 5) is 14.3. The first kappa shape index (κ1) is 19.2. The van der Waals surface area contributed by atoms with Crippen molar-refractivity contribution < 1.29 is 14.3 Å². The van der Waals surface area contributed by atoms with Crippen LogP contribution in [0.4, 0.5) is 5.69 Å². The zero-order chi connectivity index (χ0) is 17.7. The zero-order valence-electron chi connectivity index (χ0n) is 15.0. The van der Waals surface area contributed by atoms with Crippen molar-refractivity contribution >= 4 is 23.2 Å². The molecule has 1 aliphatic rings. The predicted octanol–water partition coefficient (Wildman–Crippen LogP) is 3.92. The Morgan fingerprint density at radius 1 is 1.17 bits per heavy atom. The Labute approximate surface area is 150 Å². The van der Waals surface area contributed by atoms with Gasteiger partial charge in [0.25, 0.3) is 0 Å². The van der Waals surface area contributed by atoms with Crippen LogP contribution in [-0.2, 0) is 27.1 Å². The van der Waals surface area contributed by atoms with E-state index in [2.05, 4.69) is 26.0 Å². The van der Waals surface area contributed by atoms with Crippen LogP contribution in [0.3, 0.4) is 0 Å². The van der Waals surface area contributed by atoms with E-state index in [1.165, 1.54) is 0 Å². The smallest absolute Gasteiger partial charge is 0.242 e. The van der Waals surface area contributed by atoms with E-state index in [-0.39, 0.29) is 24.0 Å². The summed E-state index contributed by atoms with van der Waals surface area (Å²) in [5.41, 5.74) is 3.25. The minimum absolute atomic E-state index is 0.0565. The molecule has 0 N–H and O–H groups in total. The molecule has 5 heteroatoms. The molecule has 0 aliphatic carbocycles. The van der Waals surface area contributed by atoms with Crippen LogP contribution < -0.4 is 4.90 Å². The Hall–Kier alpha value is -1.10. The molecule has 1 aromatic carbocycles. The molecule has 1 amide bonds. The molecule has 134 valence electrons. The highest BCUT2D eigenvalue weighted by Crippen LogP contribution is 2.29. The Balaban J connectivity index is 2.34. The number of rotatable bonds is 6. The predicted molar refractivity (Wildman–Crippen MR) is 97.8 cm³/mol. The fraction of sp³-hybridized carbons (Fsp3) is 0.632. The third-order valence-corrected chi connectivity index (χ3v) is 4.64. The van der Waals surface area contributed by atoms with Crippen molar-refractivity contribution in [2.24, 2.45) is 0 Å². The van der Waals surface area contributed by atoms with Gasteiger partial charge in [0, 0.05) is 0 Å². The molecule has 2 atom stereocenters. The maximum absolute atomic E-state index is 12.6. The lowest BCUT2D eigenvalue weighted by Crippen LogP contribution is -2.46. The second-order valence-electron chi connectivity index (χ2n) is 6.33. The molecular formula is C19H28ClNO3. The number of anilines is 1. The Kier molecular flexibility index (Phi) is 7.08. The molecule has 24 heavy (non-hydrogen) atoms. The summed E-state index contributed by atoms with van der Waals surface area (Å²) in [6.07, 6.45) is 2.40. The van der Waals surface area contributed by atoms with E-state index in [1.807, 2.05) is 19.9 Å². The number of amides is 1. The van der Waals surface area contributed by atoms with Gasteiger partial charge in [-0.2, -0.15) is 0 Å². The molecule has 0 saturated carbocycles. The number of alkyl halides is 1. The van der Waals surface area contributed by atoms with Crippen LogP contribution in [0.5, 0.6) is 0 Å². The third kappa shape index (κ3) is 4.50. The van der Waals surface area contributed by atoms with Crippen LogP contribution in [0, 0.1) is 0 Å². The summed E-state index contributed by atoms with van der Waals surface area (Å²) in [7, 11) is 0. The largest absolute Gasteiger partial charge is 0.348 e. The molecule has 0 radical (unpaired) electrons. The number of carbonyl (C=O) groups is 1. The molecular weight excluding hydrogens is 326 g/mol. The molecule has 2 unspecified atom stereocenters. The normalized spacial score (nSPS) is 24.0. The van der Waals surface area contributed by atoms with Gasteiger partial charge < -0.3 is 14.4 Å². The average molecular weight is 354 g/mol. The van der Waals surface area contributed by atoms with Crippen LogP contribution in [0.25, 0.3) is 0 Å². The van der Waals surface area contributed by atoms with Gasteiger partial charge in [0.2, 0.25) is 5.91 Å². The Morgan fingerprint density at radius 3 is 2.17 bits per heavy atom. The summed E-state index contributed by atoms with van der Waals surface area (Å²) in [5, 5.41) is 0. The lowest BCUT2D eigenvalue weighted by atomic mass is 10.0. The molecule has 0 spiro atoms. The quantitative estimate of drug-likeness (QED) is 0.727. The molecule has 1 aliphatic heterocycles. The number of hydrogen-bond donors (Lipinski definition) is 0. The maximum atomic E-state index is 12.6. The van der Waals surface area contributed by atoms with E-state index in [4.69, 9.17) is 21.1 Å². The van der Waals surface area contributed by atoms with Crippen molar-refractivity contribution in [2.75, 3.05) is 17.3 Å². The van der Waals surface area contributed by atoms with E-state index in [0.717, 1.165) is 36.1 Å². The number of carbonyl (C=O) groups excluding carboxylic acids is 1. The van der Waals surface area contributed by atoms with E-state index in [0.29, 0.717) is 6.54 Å². The fourth-order valence-electron chi connectivity index (χ4n) is 3.32. The van der Waals surface area contributed by atoms with Gasteiger partial charge in [-0.1, -0.05) is 32.0 Å². The van der Waals surface area contributed by atoms with Crippen LogP contribution >= 0.6 is 11.6 Å². The second-order valence-corrected chi connectivity index (χ2v) is 6.60. The Morgan fingerprint density at radius 2 is 1.71 bits per heavy atom. The van der Waals surface area contributed by atoms with Gasteiger partial charge in [-0.05, 0) is 44.2 Å². The standard InChI is InChI=1S/C19H28ClNO3/c1-5-15-8-7-9-16(6-2)19(15)21(17(22)11-20)12-18-23-13(3)10-14(4)24-18/h7-9,13-14,18H,5-6,10-12H2,1-4H3. The van der Waals surface area contributed by atoms with Crippen molar-refractivity contribution in [2.45, 2.75) is 65.5 Å². The maximum Gasteiger partial charge on any atom is 0.242 e. The highest BCUT2D eigenvalue weighted by Gasteiger charge is 2.30. The number of aryl methyl sites for hydroxylation is 2. The number of hydrogen-bond acceptors (Lipinski definition) is 3. The SMILES string of the molecule is CCc1cccc(CC)c1N(CC1OC(C)CC(C)O1)C(=O)CCl. The fourth-order valence-corrected chi connectivity index (χ4v) is 3.46. The minimum Gasteiger partial charge on any atom is -0.348 e. The van der Waals surface area contributed by atoms with Crippen LogP contribution in [0.2, 0.25) is 0 Å². The summed E-state index contributed by atoms with van der Waals surface area (Å²) in [5.74, 6) is -0.177. The number of para-hydroxylation sites is 1. The summed E-state index contributed by atoms with van der Waals surface area (Å²) in [6.45, 7) is 8.64. The van der Waals surface area contributed by atoms with Gasteiger partial charge >= 0.3 is 0 Å². The van der Waals surface area contributed by atoms with E-state index >= 15 is 0 Å². The Bertz CT molecular complexity index is 531. The van der Waals surface area contributed by atoms with E-state index in [1.54, 1.807) is 4.90 Å². The number of ether oxygens (including phenoxy) is 2. The van der Waals surface area contributed by atoms with Crippen LogP contribution in [0.1, 0.15) is 45.2 Å². The zero-order valence-corrected chi connectivity index (χ0v) is 15.8. The highest BCUT2D eigenvalue weighted by molar-refractivity contribution is 6.29. The first-order chi connectivity index (χ1) is 11.5. The van der Waals surface area contributed by atoms with Crippen LogP contribution in [0.15, 0.2) is 18.2 Å². The number of halogens is 1.